The van der Waals surface area contributed by atoms with Crippen LogP contribution in [0.3, 0.4) is 0 Å². The Bertz CT molecular complexity index is 323. The molecule has 0 aromatic carbocycles. The first-order valence-corrected chi connectivity index (χ1v) is 5.27. The minimum atomic E-state index is 0.503. The molecule has 0 aliphatic heterocycles. The highest BCUT2D eigenvalue weighted by atomic mass is 15.2. The molecule has 2 rings (SSSR count). The van der Waals surface area contributed by atoms with E-state index in [4.69, 9.17) is 5.73 Å². The van der Waals surface area contributed by atoms with Gasteiger partial charge in [-0.15, -0.1) is 0 Å². The first kappa shape index (κ1) is 10.2. The van der Waals surface area contributed by atoms with E-state index < -0.39 is 0 Å². The molecule has 82 valence electrons. The third-order valence-electron chi connectivity index (χ3n) is 2.63. The highest BCUT2D eigenvalue weighted by Gasteiger charge is 2.25. The van der Waals surface area contributed by atoms with Crippen molar-refractivity contribution in [3.05, 3.63) is 12.4 Å². The largest absolute Gasteiger partial charge is 0.384 e. The zero-order chi connectivity index (χ0) is 10.7. The van der Waals surface area contributed by atoms with E-state index in [0.29, 0.717) is 5.82 Å². The molecule has 1 aromatic heterocycles. The number of likely N-dealkylation sites (N-methyl/N-ethyl adjacent to an activating group) is 1. The smallest absolute Gasteiger partial charge is 0.131 e. The van der Waals surface area contributed by atoms with Gasteiger partial charge in [-0.05, 0) is 19.9 Å². The molecule has 0 unspecified atom stereocenters. The highest BCUT2D eigenvalue weighted by Crippen LogP contribution is 2.24. The third-order valence-corrected chi connectivity index (χ3v) is 2.63. The summed E-state index contributed by atoms with van der Waals surface area (Å²) in [7, 11) is 2.16. The second-order valence-electron chi connectivity index (χ2n) is 3.97. The fourth-order valence-electron chi connectivity index (χ4n) is 1.53. The van der Waals surface area contributed by atoms with E-state index in [2.05, 4.69) is 27.2 Å². The van der Waals surface area contributed by atoms with E-state index in [1.54, 1.807) is 6.07 Å². The van der Waals surface area contributed by atoms with Crippen LogP contribution in [0.1, 0.15) is 12.8 Å². The van der Waals surface area contributed by atoms with Crippen LogP contribution in [0.4, 0.5) is 11.6 Å². The number of hydrogen-bond acceptors (Lipinski definition) is 5. The van der Waals surface area contributed by atoms with Crippen molar-refractivity contribution in [2.45, 2.75) is 18.9 Å². The molecule has 1 fully saturated rings. The summed E-state index contributed by atoms with van der Waals surface area (Å²) in [6.07, 6.45) is 4.16. The number of nitrogens with zero attached hydrogens (tertiary/aromatic N) is 3. The highest BCUT2D eigenvalue weighted by molar-refractivity contribution is 5.43. The standard InChI is InChI=1S/C10H17N5/c1-15(8-2-3-8)5-4-12-10-6-9(11)13-7-14-10/h6-8H,2-5H2,1H3,(H3,11,12,13,14). The van der Waals surface area contributed by atoms with Gasteiger partial charge in [0.2, 0.25) is 0 Å². The lowest BCUT2D eigenvalue weighted by Crippen LogP contribution is -2.27. The van der Waals surface area contributed by atoms with Gasteiger partial charge in [0.1, 0.15) is 18.0 Å². The van der Waals surface area contributed by atoms with E-state index in [-0.39, 0.29) is 0 Å². The second-order valence-corrected chi connectivity index (χ2v) is 3.97. The molecule has 1 aliphatic rings. The molecule has 3 N–H and O–H groups in total. The lowest BCUT2D eigenvalue weighted by atomic mass is 10.4. The fourth-order valence-corrected chi connectivity index (χ4v) is 1.53. The first-order chi connectivity index (χ1) is 7.25. The summed E-state index contributed by atoms with van der Waals surface area (Å²) >= 11 is 0. The Hall–Kier alpha value is -1.36. The minimum absolute atomic E-state index is 0.503. The van der Waals surface area contributed by atoms with Gasteiger partial charge in [0.05, 0.1) is 0 Å². The number of nitrogens with two attached hydrogens (primary N) is 1. The Morgan fingerprint density at radius 3 is 3.00 bits per heavy atom. The number of nitrogen functional groups attached to an aromatic ring is 1. The lowest BCUT2D eigenvalue weighted by molar-refractivity contribution is 0.337. The van der Waals surface area contributed by atoms with Crippen molar-refractivity contribution < 1.29 is 0 Å². The Kier molecular flexibility index (Phi) is 3.01. The van der Waals surface area contributed by atoms with Gasteiger partial charge in [0.25, 0.3) is 0 Å². The van der Waals surface area contributed by atoms with Crippen molar-refractivity contribution >= 4 is 11.6 Å². The average molecular weight is 207 g/mol. The third kappa shape index (κ3) is 3.06. The molecule has 1 aromatic rings. The molecule has 0 amide bonds. The van der Waals surface area contributed by atoms with Crippen LogP contribution in [0.25, 0.3) is 0 Å². The van der Waals surface area contributed by atoms with Gasteiger partial charge < -0.3 is 16.0 Å². The summed E-state index contributed by atoms with van der Waals surface area (Å²) in [5.74, 6) is 1.30. The molecule has 0 saturated heterocycles. The molecule has 1 heterocycles. The quantitative estimate of drug-likeness (QED) is 0.738. The number of aromatic nitrogens is 2. The second kappa shape index (κ2) is 4.44. The van der Waals surface area contributed by atoms with Crippen LogP contribution in [0.5, 0.6) is 0 Å². The van der Waals surface area contributed by atoms with Crippen LogP contribution < -0.4 is 11.1 Å². The van der Waals surface area contributed by atoms with Crippen LogP contribution in [-0.4, -0.2) is 41.0 Å². The molecule has 5 heteroatoms. The van der Waals surface area contributed by atoms with Crippen LogP contribution in [0.2, 0.25) is 0 Å². The van der Waals surface area contributed by atoms with Gasteiger partial charge in [-0.1, -0.05) is 0 Å². The van der Waals surface area contributed by atoms with E-state index >= 15 is 0 Å². The van der Waals surface area contributed by atoms with E-state index in [1.807, 2.05) is 0 Å². The molecule has 1 aliphatic carbocycles. The maximum absolute atomic E-state index is 5.55. The lowest BCUT2D eigenvalue weighted by Gasteiger charge is -2.15. The normalized spacial score (nSPS) is 15.6. The molecule has 15 heavy (non-hydrogen) atoms. The Labute approximate surface area is 89.7 Å². The molecule has 0 bridgehead atoms. The number of rotatable bonds is 5. The van der Waals surface area contributed by atoms with Crippen molar-refractivity contribution in [2.75, 3.05) is 31.2 Å². The number of nitrogens with one attached hydrogen (secondary N) is 1. The summed E-state index contributed by atoms with van der Waals surface area (Å²) < 4.78 is 0. The van der Waals surface area contributed by atoms with E-state index in [9.17, 15) is 0 Å². The minimum Gasteiger partial charge on any atom is -0.384 e. The van der Waals surface area contributed by atoms with Crippen molar-refractivity contribution in [3.63, 3.8) is 0 Å². The molecule has 0 radical (unpaired) electrons. The molecule has 0 atom stereocenters. The van der Waals surface area contributed by atoms with Gasteiger partial charge in [0.15, 0.2) is 0 Å². The van der Waals surface area contributed by atoms with Crippen molar-refractivity contribution in [1.29, 1.82) is 0 Å². The summed E-state index contributed by atoms with van der Waals surface area (Å²) in [5, 5.41) is 3.23. The van der Waals surface area contributed by atoms with Crippen molar-refractivity contribution in [2.24, 2.45) is 0 Å². The Balaban J connectivity index is 1.73. The number of anilines is 2. The molecule has 1 saturated carbocycles. The van der Waals surface area contributed by atoms with Crippen LogP contribution in [0, 0.1) is 0 Å². The van der Waals surface area contributed by atoms with E-state index in [1.165, 1.54) is 19.2 Å². The zero-order valence-electron chi connectivity index (χ0n) is 8.98. The van der Waals surface area contributed by atoms with E-state index in [0.717, 1.165) is 24.9 Å². The zero-order valence-corrected chi connectivity index (χ0v) is 8.98. The van der Waals surface area contributed by atoms with Crippen LogP contribution in [-0.2, 0) is 0 Å². The molecule has 0 spiro atoms. The predicted octanol–water partition coefficient (Wildman–Crippen LogP) is 0.565. The number of hydrogen-bond donors (Lipinski definition) is 2. The summed E-state index contributed by atoms with van der Waals surface area (Å²) in [6.45, 7) is 1.93. The first-order valence-electron chi connectivity index (χ1n) is 5.27. The Morgan fingerprint density at radius 2 is 2.33 bits per heavy atom. The van der Waals surface area contributed by atoms with Crippen molar-refractivity contribution in [1.82, 2.24) is 14.9 Å². The van der Waals surface area contributed by atoms with Gasteiger partial charge in [-0.25, -0.2) is 9.97 Å². The Morgan fingerprint density at radius 1 is 1.53 bits per heavy atom. The average Bonchev–Trinajstić information content (AvgIpc) is 3.00. The van der Waals surface area contributed by atoms with Crippen molar-refractivity contribution in [3.8, 4) is 0 Å². The van der Waals surface area contributed by atoms with Gasteiger partial charge in [-0.2, -0.15) is 0 Å². The predicted molar refractivity (Wildman–Crippen MR) is 60.6 cm³/mol. The molecule has 5 nitrogen and oxygen atoms in total. The maximum Gasteiger partial charge on any atom is 0.131 e. The maximum atomic E-state index is 5.55. The van der Waals surface area contributed by atoms with Crippen LogP contribution >= 0.6 is 0 Å². The molecular weight excluding hydrogens is 190 g/mol. The van der Waals surface area contributed by atoms with Crippen LogP contribution in [0.15, 0.2) is 12.4 Å². The molecular formula is C10H17N5. The topological polar surface area (TPSA) is 67.1 Å². The summed E-state index contributed by atoms with van der Waals surface area (Å²) in [5.41, 5.74) is 5.55. The summed E-state index contributed by atoms with van der Waals surface area (Å²) in [4.78, 5) is 10.3. The van der Waals surface area contributed by atoms with Gasteiger partial charge in [-0.3, -0.25) is 0 Å². The van der Waals surface area contributed by atoms with Gasteiger partial charge >= 0.3 is 0 Å². The monoisotopic (exact) mass is 207 g/mol. The SMILES string of the molecule is CN(CCNc1cc(N)ncn1)C1CC1. The fraction of sp³-hybridized carbons (Fsp3) is 0.600. The van der Waals surface area contributed by atoms with Gasteiger partial charge in [0, 0.05) is 25.2 Å². The summed E-state index contributed by atoms with van der Waals surface area (Å²) in [6, 6.07) is 2.55.